The van der Waals surface area contributed by atoms with E-state index in [9.17, 15) is 14.0 Å². The van der Waals surface area contributed by atoms with Crippen LogP contribution in [0.3, 0.4) is 0 Å². The molecule has 0 radical (unpaired) electrons. The van der Waals surface area contributed by atoms with Crippen LogP contribution in [0.25, 0.3) is 0 Å². The van der Waals surface area contributed by atoms with Gasteiger partial charge in [-0.3, -0.25) is 9.59 Å². The van der Waals surface area contributed by atoms with Gasteiger partial charge in [0.2, 0.25) is 5.91 Å². The summed E-state index contributed by atoms with van der Waals surface area (Å²) in [5, 5.41) is 16.1. The lowest BCUT2D eigenvalue weighted by molar-refractivity contribution is -0.114. The van der Waals surface area contributed by atoms with Crippen molar-refractivity contribution in [2.24, 2.45) is 0 Å². The molecule has 8 heteroatoms. The molecule has 0 spiro atoms. The lowest BCUT2D eigenvalue weighted by Gasteiger charge is -2.09. The quantitative estimate of drug-likeness (QED) is 0.642. The zero-order chi connectivity index (χ0) is 19.2. The molecule has 3 rings (SSSR count). The van der Waals surface area contributed by atoms with E-state index in [1.54, 1.807) is 42.5 Å². The minimum absolute atomic E-state index is 0.0729. The Kier molecular flexibility index (Phi) is 5.36. The first kappa shape index (κ1) is 18.0. The van der Waals surface area contributed by atoms with Crippen molar-refractivity contribution in [3.05, 3.63) is 72.0 Å². The summed E-state index contributed by atoms with van der Waals surface area (Å²) in [6, 6.07) is 15.9. The van der Waals surface area contributed by atoms with Crippen LogP contribution in [0, 0.1) is 5.82 Å². The second kappa shape index (κ2) is 8.05. The molecule has 0 aliphatic heterocycles. The van der Waals surface area contributed by atoms with Crippen molar-refractivity contribution in [3.8, 4) is 0 Å². The molecule has 0 unspecified atom stereocenters. The largest absolute Gasteiger partial charge is 0.339 e. The molecule has 27 heavy (non-hydrogen) atoms. The van der Waals surface area contributed by atoms with E-state index in [-0.39, 0.29) is 17.3 Å². The minimum Gasteiger partial charge on any atom is -0.339 e. The molecule has 0 fully saturated rings. The molecular weight excluding hydrogens is 349 g/mol. The number of nitrogens with zero attached hydrogens (tertiary/aromatic N) is 2. The fourth-order valence-electron chi connectivity index (χ4n) is 2.32. The molecule has 3 N–H and O–H groups in total. The summed E-state index contributed by atoms with van der Waals surface area (Å²) in [7, 11) is 0. The summed E-state index contributed by atoms with van der Waals surface area (Å²) in [6.07, 6.45) is 0. The average Bonchev–Trinajstić information content (AvgIpc) is 2.63. The van der Waals surface area contributed by atoms with Crippen LogP contribution < -0.4 is 16.0 Å². The van der Waals surface area contributed by atoms with Crippen LogP contribution in [-0.2, 0) is 4.79 Å². The Morgan fingerprint density at radius 1 is 0.852 bits per heavy atom. The van der Waals surface area contributed by atoms with Gasteiger partial charge in [0.1, 0.15) is 5.82 Å². The highest BCUT2D eigenvalue weighted by Gasteiger charge is 2.11. The summed E-state index contributed by atoms with van der Waals surface area (Å²) < 4.78 is 13.6. The number of halogens is 1. The zero-order valence-electron chi connectivity index (χ0n) is 14.4. The normalized spacial score (nSPS) is 10.1. The maximum atomic E-state index is 13.6. The zero-order valence-corrected chi connectivity index (χ0v) is 14.4. The van der Waals surface area contributed by atoms with Gasteiger partial charge in [0.25, 0.3) is 5.91 Å². The van der Waals surface area contributed by atoms with Crippen LogP contribution in [0.4, 0.5) is 27.4 Å². The Hall–Kier alpha value is -3.81. The van der Waals surface area contributed by atoms with Gasteiger partial charge >= 0.3 is 0 Å². The molecule has 0 bridgehead atoms. The third-order valence-electron chi connectivity index (χ3n) is 3.48. The topological polar surface area (TPSA) is 96.0 Å². The van der Waals surface area contributed by atoms with Crippen molar-refractivity contribution in [2.75, 3.05) is 16.0 Å². The van der Waals surface area contributed by atoms with E-state index in [4.69, 9.17) is 0 Å². The van der Waals surface area contributed by atoms with Gasteiger partial charge in [-0.1, -0.05) is 18.2 Å². The van der Waals surface area contributed by atoms with Crippen molar-refractivity contribution < 1.29 is 14.0 Å². The number of hydrogen-bond acceptors (Lipinski definition) is 5. The first-order chi connectivity index (χ1) is 13.0. The number of benzene rings is 2. The molecule has 2 aromatic carbocycles. The van der Waals surface area contributed by atoms with E-state index in [1.807, 2.05) is 0 Å². The summed E-state index contributed by atoms with van der Waals surface area (Å²) >= 11 is 0. The standard InChI is InChI=1S/C19H16FN5O2/c1-12(26)21-13-5-4-6-14(11-13)22-17-9-10-18(25-24-17)23-19(27)15-7-2-3-8-16(15)20/h2-11H,1H3,(H,21,26)(H,22,24)(H,23,25,27). The second-order valence-corrected chi connectivity index (χ2v) is 5.62. The van der Waals surface area contributed by atoms with Gasteiger partial charge in [-0.05, 0) is 42.5 Å². The number of nitrogens with one attached hydrogen (secondary N) is 3. The Labute approximate surface area is 154 Å². The highest BCUT2D eigenvalue weighted by molar-refractivity contribution is 6.03. The summed E-state index contributed by atoms with van der Waals surface area (Å²) in [5.41, 5.74) is 1.28. The summed E-state index contributed by atoms with van der Waals surface area (Å²) in [6.45, 7) is 1.43. The molecule has 0 saturated heterocycles. The predicted octanol–water partition coefficient (Wildman–Crippen LogP) is 3.57. The van der Waals surface area contributed by atoms with Gasteiger partial charge in [0, 0.05) is 18.3 Å². The highest BCUT2D eigenvalue weighted by atomic mass is 19.1. The predicted molar refractivity (Wildman–Crippen MR) is 100 cm³/mol. The SMILES string of the molecule is CC(=O)Nc1cccc(Nc2ccc(NC(=O)c3ccccc3F)nn2)c1. The molecule has 1 heterocycles. The Morgan fingerprint density at radius 2 is 1.56 bits per heavy atom. The van der Waals surface area contributed by atoms with Crippen molar-refractivity contribution >= 4 is 34.8 Å². The molecule has 136 valence electrons. The van der Waals surface area contributed by atoms with E-state index in [2.05, 4.69) is 26.1 Å². The number of rotatable bonds is 5. The van der Waals surface area contributed by atoms with Gasteiger partial charge in [-0.25, -0.2) is 4.39 Å². The van der Waals surface area contributed by atoms with Gasteiger partial charge in [0.05, 0.1) is 5.56 Å². The first-order valence-corrected chi connectivity index (χ1v) is 8.05. The molecular formula is C19H16FN5O2. The highest BCUT2D eigenvalue weighted by Crippen LogP contribution is 2.19. The molecule has 2 amide bonds. The van der Waals surface area contributed by atoms with Gasteiger partial charge < -0.3 is 16.0 Å². The molecule has 0 atom stereocenters. The first-order valence-electron chi connectivity index (χ1n) is 8.05. The van der Waals surface area contributed by atoms with E-state index < -0.39 is 11.7 Å². The summed E-state index contributed by atoms with van der Waals surface area (Å²) in [4.78, 5) is 23.2. The van der Waals surface area contributed by atoms with E-state index >= 15 is 0 Å². The Morgan fingerprint density at radius 3 is 2.26 bits per heavy atom. The third-order valence-corrected chi connectivity index (χ3v) is 3.48. The molecule has 1 aromatic heterocycles. The Bertz CT molecular complexity index is 976. The number of hydrogen-bond donors (Lipinski definition) is 3. The van der Waals surface area contributed by atoms with Crippen molar-refractivity contribution in [1.29, 1.82) is 0 Å². The second-order valence-electron chi connectivity index (χ2n) is 5.62. The van der Waals surface area contributed by atoms with Crippen molar-refractivity contribution in [2.45, 2.75) is 6.92 Å². The number of carbonyl (C=O) groups is 2. The third kappa shape index (κ3) is 4.85. The smallest absolute Gasteiger partial charge is 0.259 e. The van der Waals surface area contributed by atoms with Crippen LogP contribution in [0.2, 0.25) is 0 Å². The van der Waals surface area contributed by atoms with E-state index in [0.717, 1.165) is 0 Å². The maximum absolute atomic E-state index is 13.6. The van der Waals surface area contributed by atoms with E-state index in [0.29, 0.717) is 17.2 Å². The molecule has 7 nitrogen and oxygen atoms in total. The number of amides is 2. The van der Waals surface area contributed by atoms with Crippen LogP contribution in [-0.4, -0.2) is 22.0 Å². The fourth-order valence-corrected chi connectivity index (χ4v) is 2.32. The lowest BCUT2D eigenvalue weighted by Crippen LogP contribution is -2.15. The number of carbonyl (C=O) groups excluding carboxylic acids is 2. The molecule has 0 saturated carbocycles. The Balaban J connectivity index is 1.66. The molecule has 0 aliphatic carbocycles. The minimum atomic E-state index is -0.611. The monoisotopic (exact) mass is 365 g/mol. The van der Waals surface area contributed by atoms with Crippen molar-refractivity contribution in [1.82, 2.24) is 10.2 Å². The van der Waals surface area contributed by atoms with Crippen molar-refractivity contribution in [3.63, 3.8) is 0 Å². The molecule has 0 aliphatic rings. The van der Waals surface area contributed by atoms with Crippen LogP contribution in [0.1, 0.15) is 17.3 Å². The lowest BCUT2D eigenvalue weighted by atomic mass is 10.2. The van der Waals surface area contributed by atoms with Crippen LogP contribution >= 0.6 is 0 Å². The maximum Gasteiger partial charge on any atom is 0.259 e. The van der Waals surface area contributed by atoms with Gasteiger partial charge in [-0.15, -0.1) is 10.2 Å². The van der Waals surface area contributed by atoms with E-state index in [1.165, 1.54) is 25.1 Å². The molecule has 3 aromatic rings. The summed E-state index contributed by atoms with van der Waals surface area (Å²) in [5.74, 6) is -0.743. The van der Waals surface area contributed by atoms with Gasteiger partial charge in [-0.2, -0.15) is 0 Å². The van der Waals surface area contributed by atoms with Crippen LogP contribution in [0.5, 0.6) is 0 Å². The average molecular weight is 365 g/mol. The fraction of sp³-hybridized carbons (Fsp3) is 0.0526. The number of anilines is 4. The van der Waals surface area contributed by atoms with Crippen LogP contribution in [0.15, 0.2) is 60.7 Å². The van der Waals surface area contributed by atoms with Gasteiger partial charge in [0.15, 0.2) is 11.6 Å². The number of aromatic nitrogens is 2.